The number of nitrogens with one attached hydrogen (secondary N) is 2. The van der Waals surface area contributed by atoms with Gasteiger partial charge in [-0.05, 0) is 41.5 Å². The SMILES string of the molecule is O=C(N/N=C\c1ccc(Br)cc1)c1ccc2nc(Cc3ccccc3)[nH]c2c1. The average molecular weight is 433 g/mol. The zero-order valence-corrected chi connectivity index (χ0v) is 16.5. The Hall–Kier alpha value is -3.25. The van der Waals surface area contributed by atoms with E-state index >= 15 is 0 Å². The Kier molecular flexibility index (Phi) is 5.30. The van der Waals surface area contributed by atoms with Crippen LogP contribution in [-0.4, -0.2) is 22.1 Å². The molecule has 138 valence electrons. The van der Waals surface area contributed by atoms with Gasteiger partial charge in [0.1, 0.15) is 5.82 Å². The number of halogens is 1. The van der Waals surface area contributed by atoms with Crippen LogP contribution in [0.2, 0.25) is 0 Å². The Morgan fingerprint density at radius 2 is 1.86 bits per heavy atom. The van der Waals surface area contributed by atoms with Crippen molar-refractivity contribution >= 4 is 39.1 Å². The number of imidazole rings is 1. The lowest BCUT2D eigenvalue weighted by molar-refractivity contribution is 0.0955. The second-order valence-corrected chi connectivity index (χ2v) is 7.24. The van der Waals surface area contributed by atoms with Crippen LogP contribution in [0.1, 0.15) is 27.3 Å². The van der Waals surface area contributed by atoms with Crippen LogP contribution in [-0.2, 0) is 6.42 Å². The van der Waals surface area contributed by atoms with Gasteiger partial charge in [-0.25, -0.2) is 10.4 Å². The molecule has 2 N–H and O–H groups in total. The Morgan fingerprint density at radius 3 is 2.64 bits per heavy atom. The van der Waals surface area contributed by atoms with Crippen molar-refractivity contribution in [3.8, 4) is 0 Å². The molecule has 3 aromatic carbocycles. The van der Waals surface area contributed by atoms with Crippen molar-refractivity contribution in [2.24, 2.45) is 5.10 Å². The van der Waals surface area contributed by atoms with Gasteiger partial charge in [0.25, 0.3) is 5.91 Å². The fourth-order valence-corrected chi connectivity index (χ4v) is 3.12. The molecule has 0 aliphatic heterocycles. The van der Waals surface area contributed by atoms with Gasteiger partial charge in [-0.3, -0.25) is 4.79 Å². The van der Waals surface area contributed by atoms with Gasteiger partial charge in [0.15, 0.2) is 0 Å². The third-order valence-corrected chi connectivity index (χ3v) is 4.79. The average Bonchev–Trinajstić information content (AvgIpc) is 3.11. The molecule has 0 aliphatic carbocycles. The van der Waals surface area contributed by atoms with E-state index in [2.05, 4.69) is 48.6 Å². The highest BCUT2D eigenvalue weighted by Crippen LogP contribution is 2.16. The summed E-state index contributed by atoms with van der Waals surface area (Å²) >= 11 is 3.38. The lowest BCUT2D eigenvalue weighted by Gasteiger charge is -2.00. The number of H-pyrrole nitrogens is 1. The molecule has 28 heavy (non-hydrogen) atoms. The highest BCUT2D eigenvalue weighted by Gasteiger charge is 2.09. The van der Waals surface area contributed by atoms with Crippen LogP contribution in [0, 0.1) is 0 Å². The van der Waals surface area contributed by atoms with E-state index in [4.69, 9.17) is 0 Å². The third kappa shape index (κ3) is 4.35. The van der Waals surface area contributed by atoms with Gasteiger partial charge >= 0.3 is 0 Å². The molecule has 1 aromatic heterocycles. The van der Waals surface area contributed by atoms with Gasteiger partial charge in [-0.1, -0.05) is 58.4 Å². The normalized spacial score (nSPS) is 11.2. The molecule has 0 atom stereocenters. The number of fused-ring (bicyclic) bond motifs is 1. The molecule has 5 nitrogen and oxygen atoms in total. The third-order valence-electron chi connectivity index (χ3n) is 4.26. The highest BCUT2D eigenvalue weighted by atomic mass is 79.9. The quantitative estimate of drug-likeness (QED) is 0.355. The Labute approximate surface area is 170 Å². The maximum Gasteiger partial charge on any atom is 0.271 e. The zero-order valence-electron chi connectivity index (χ0n) is 14.9. The largest absolute Gasteiger partial charge is 0.342 e. The van der Waals surface area contributed by atoms with Gasteiger partial charge in [-0.2, -0.15) is 5.10 Å². The number of hydrogen-bond donors (Lipinski definition) is 2. The minimum atomic E-state index is -0.269. The molecule has 0 spiro atoms. The van der Waals surface area contributed by atoms with Crippen LogP contribution in [0.3, 0.4) is 0 Å². The van der Waals surface area contributed by atoms with Crippen LogP contribution >= 0.6 is 15.9 Å². The second-order valence-electron chi connectivity index (χ2n) is 6.33. The Morgan fingerprint density at radius 1 is 1.07 bits per heavy atom. The van der Waals surface area contributed by atoms with E-state index in [0.717, 1.165) is 26.9 Å². The molecule has 4 aromatic rings. The number of aromatic amines is 1. The van der Waals surface area contributed by atoms with Crippen LogP contribution < -0.4 is 5.43 Å². The second kappa shape index (κ2) is 8.19. The number of hydrazone groups is 1. The molecule has 6 heteroatoms. The smallest absolute Gasteiger partial charge is 0.271 e. The van der Waals surface area contributed by atoms with E-state index in [0.29, 0.717) is 12.0 Å². The highest BCUT2D eigenvalue weighted by molar-refractivity contribution is 9.10. The summed E-state index contributed by atoms with van der Waals surface area (Å²) in [6, 6.07) is 23.2. The van der Waals surface area contributed by atoms with Crippen molar-refractivity contribution in [3.05, 3.63) is 99.8 Å². The molecule has 1 amide bonds. The molecule has 1 heterocycles. The van der Waals surface area contributed by atoms with Crippen LogP contribution in [0.15, 0.2) is 82.4 Å². The number of carbonyl (C=O) groups excluding carboxylic acids is 1. The predicted octanol–water partition coefficient (Wildman–Crippen LogP) is 4.68. The van der Waals surface area contributed by atoms with Gasteiger partial charge in [0, 0.05) is 16.5 Å². The molecule has 0 saturated heterocycles. The lowest BCUT2D eigenvalue weighted by atomic mass is 10.1. The number of amides is 1. The van der Waals surface area contributed by atoms with Crippen molar-refractivity contribution < 1.29 is 4.79 Å². The van der Waals surface area contributed by atoms with Gasteiger partial charge in [0.2, 0.25) is 0 Å². The minimum absolute atomic E-state index is 0.269. The molecule has 0 fully saturated rings. The fraction of sp³-hybridized carbons (Fsp3) is 0.0455. The number of aromatic nitrogens is 2. The van der Waals surface area contributed by atoms with Gasteiger partial charge in [-0.15, -0.1) is 0 Å². The summed E-state index contributed by atoms with van der Waals surface area (Å²) in [4.78, 5) is 20.3. The predicted molar refractivity (Wildman–Crippen MR) is 115 cm³/mol. The standard InChI is InChI=1S/C22H17BrN4O/c23-18-9-6-16(7-10-18)14-24-27-22(28)17-8-11-19-20(13-17)26-21(25-19)12-15-4-2-1-3-5-15/h1-11,13-14H,12H2,(H,25,26)(H,27,28)/b24-14-. The maximum absolute atomic E-state index is 12.4. The topological polar surface area (TPSA) is 70.1 Å². The van der Waals surface area contributed by atoms with E-state index in [1.54, 1.807) is 18.3 Å². The van der Waals surface area contributed by atoms with E-state index in [-0.39, 0.29) is 5.91 Å². The summed E-state index contributed by atoms with van der Waals surface area (Å²) in [7, 11) is 0. The first-order chi connectivity index (χ1) is 13.7. The number of benzene rings is 3. The van der Waals surface area contributed by atoms with Crippen LogP contribution in [0.4, 0.5) is 0 Å². The molecule has 0 bridgehead atoms. The van der Waals surface area contributed by atoms with Crippen molar-refractivity contribution in [2.45, 2.75) is 6.42 Å². The number of hydrogen-bond acceptors (Lipinski definition) is 3. The summed E-state index contributed by atoms with van der Waals surface area (Å²) in [6.45, 7) is 0. The number of nitrogens with zero attached hydrogens (tertiary/aromatic N) is 2. The van der Waals surface area contributed by atoms with E-state index in [1.807, 2.05) is 48.5 Å². The molecule has 4 rings (SSSR count). The van der Waals surface area contributed by atoms with E-state index < -0.39 is 0 Å². The summed E-state index contributed by atoms with van der Waals surface area (Å²) in [5, 5.41) is 4.02. The van der Waals surface area contributed by atoms with Crippen molar-refractivity contribution in [1.29, 1.82) is 0 Å². The summed E-state index contributed by atoms with van der Waals surface area (Å²) < 4.78 is 0.994. The molecule has 0 saturated carbocycles. The first-order valence-corrected chi connectivity index (χ1v) is 9.58. The Bertz CT molecular complexity index is 1130. The van der Waals surface area contributed by atoms with Crippen molar-refractivity contribution in [3.63, 3.8) is 0 Å². The minimum Gasteiger partial charge on any atom is -0.342 e. The van der Waals surface area contributed by atoms with Crippen LogP contribution in [0.5, 0.6) is 0 Å². The van der Waals surface area contributed by atoms with Gasteiger partial charge < -0.3 is 4.98 Å². The molecular formula is C22H17BrN4O. The molecular weight excluding hydrogens is 416 g/mol. The van der Waals surface area contributed by atoms with Crippen molar-refractivity contribution in [2.75, 3.05) is 0 Å². The van der Waals surface area contributed by atoms with Crippen molar-refractivity contribution in [1.82, 2.24) is 15.4 Å². The van der Waals surface area contributed by atoms with E-state index in [1.165, 1.54) is 5.56 Å². The monoisotopic (exact) mass is 432 g/mol. The first-order valence-electron chi connectivity index (χ1n) is 8.79. The van der Waals surface area contributed by atoms with E-state index in [9.17, 15) is 4.79 Å². The molecule has 0 unspecified atom stereocenters. The zero-order chi connectivity index (χ0) is 19.3. The molecule has 0 radical (unpaired) electrons. The maximum atomic E-state index is 12.4. The summed E-state index contributed by atoms with van der Waals surface area (Å²) in [5.74, 6) is 0.599. The van der Waals surface area contributed by atoms with Gasteiger partial charge in [0.05, 0.1) is 17.2 Å². The first kappa shape index (κ1) is 18.1. The molecule has 0 aliphatic rings. The Balaban J connectivity index is 1.46. The fourth-order valence-electron chi connectivity index (χ4n) is 2.86. The lowest BCUT2D eigenvalue weighted by Crippen LogP contribution is -2.17. The van der Waals surface area contributed by atoms with Crippen LogP contribution in [0.25, 0.3) is 11.0 Å². The summed E-state index contributed by atoms with van der Waals surface area (Å²) in [6.07, 6.45) is 2.32. The summed E-state index contributed by atoms with van der Waals surface area (Å²) in [5.41, 5.74) is 6.83. The number of carbonyl (C=O) groups is 1. The number of rotatable bonds is 5.